The fourth-order valence-corrected chi connectivity index (χ4v) is 1.61. The summed E-state index contributed by atoms with van der Waals surface area (Å²) in [6.07, 6.45) is 3.73. The molecular weight excluding hydrogens is 186 g/mol. The van der Waals surface area contributed by atoms with E-state index in [0.717, 1.165) is 13.1 Å². The van der Waals surface area contributed by atoms with E-state index in [1.54, 1.807) is 6.20 Å². The lowest BCUT2D eigenvalue weighted by Crippen LogP contribution is -2.46. The highest BCUT2D eigenvalue weighted by Crippen LogP contribution is 2.07. The van der Waals surface area contributed by atoms with Crippen LogP contribution < -0.4 is 5.32 Å². The van der Waals surface area contributed by atoms with E-state index in [1.807, 2.05) is 19.3 Å². The maximum Gasteiger partial charge on any atom is 0.0312 e. The van der Waals surface area contributed by atoms with Crippen molar-refractivity contribution in [1.82, 2.24) is 15.2 Å². The minimum atomic E-state index is 0.150. The summed E-state index contributed by atoms with van der Waals surface area (Å²) >= 11 is 0. The van der Waals surface area contributed by atoms with Crippen LogP contribution in [0.3, 0.4) is 0 Å². The molecule has 0 saturated carbocycles. The SMILES string of the molecule is CNC(C)(C)CN(C)Cc1cccnc1. The van der Waals surface area contributed by atoms with Crippen molar-refractivity contribution in [3.63, 3.8) is 0 Å². The molecular formula is C12H21N3. The number of likely N-dealkylation sites (N-methyl/N-ethyl adjacent to an activating group) is 2. The first-order valence-electron chi connectivity index (χ1n) is 5.30. The lowest BCUT2D eigenvalue weighted by molar-refractivity contribution is 0.238. The van der Waals surface area contributed by atoms with Crippen LogP contribution in [0.15, 0.2) is 24.5 Å². The number of nitrogens with zero attached hydrogens (tertiary/aromatic N) is 2. The molecule has 3 nitrogen and oxygen atoms in total. The van der Waals surface area contributed by atoms with E-state index in [2.05, 4.69) is 42.2 Å². The maximum absolute atomic E-state index is 4.11. The van der Waals surface area contributed by atoms with E-state index < -0.39 is 0 Å². The molecule has 0 unspecified atom stereocenters. The molecule has 1 N–H and O–H groups in total. The second-order valence-corrected chi connectivity index (χ2v) is 4.67. The summed E-state index contributed by atoms with van der Waals surface area (Å²) in [7, 11) is 4.13. The number of rotatable bonds is 5. The van der Waals surface area contributed by atoms with Gasteiger partial charge in [0, 0.05) is 31.0 Å². The van der Waals surface area contributed by atoms with Gasteiger partial charge in [-0.15, -0.1) is 0 Å². The fourth-order valence-electron chi connectivity index (χ4n) is 1.61. The first-order valence-corrected chi connectivity index (χ1v) is 5.30. The molecule has 0 aliphatic rings. The molecule has 15 heavy (non-hydrogen) atoms. The van der Waals surface area contributed by atoms with Gasteiger partial charge in [-0.25, -0.2) is 0 Å². The van der Waals surface area contributed by atoms with Crippen molar-refractivity contribution in [2.45, 2.75) is 25.9 Å². The zero-order valence-electron chi connectivity index (χ0n) is 10.1. The normalized spacial score (nSPS) is 12.1. The van der Waals surface area contributed by atoms with Crippen LogP contribution in [-0.2, 0) is 6.54 Å². The van der Waals surface area contributed by atoms with Crippen molar-refractivity contribution in [3.05, 3.63) is 30.1 Å². The van der Waals surface area contributed by atoms with Crippen molar-refractivity contribution in [3.8, 4) is 0 Å². The van der Waals surface area contributed by atoms with E-state index >= 15 is 0 Å². The van der Waals surface area contributed by atoms with Crippen molar-refractivity contribution in [2.75, 3.05) is 20.6 Å². The van der Waals surface area contributed by atoms with E-state index in [9.17, 15) is 0 Å². The molecule has 0 amide bonds. The van der Waals surface area contributed by atoms with Gasteiger partial charge in [-0.1, -0.05) is 6.07 Å². The largest absolute Gasteiger partial charge is 0.314 e. The Hall–Kier alpha value is -0.930. The maximum atomic E-state index is 4.11. The number of nitrogens with one attached hydrogen (secondary N) is 1. The molecule has 0 aliphatic carbocycles. The monoisotopic (exact) mass is 207 g/mol. The summed E-state index contributed by atoms with van der Waals surface area (Å²) in [6, 6.07) is 4.09. The standard InChI is InChI=1S/C12H21N3/c1-12(2,13-3)10-15(4)9-11-6-5-7-14-8-11/h5-8,13H,9-10H2,1-4H3. The Balaban J connectivity index is 2.46. The average molecular weight is 207 g/mol. The van der Waals surface area contributed by atoms with Gasteiger partial charge in [-0.2, -0.15) is 0 Å². The average Bonchev–Trinajstić information content (AvgIpc) is 2.18. The molecule has 0 atom stereocenters. The predicted molar refractivity (Wildman–Crippen MR) is 63.7 cm³/mol. The molecule has 0 radical (unpaired) electrons. The Bertz CT molecular complexity index is 282. The zero-order valence-corrected chi connectivity index (χ0v) is 10.1. The minimum Gasteiger partial charge on any atom is -0.314 e. The Morgan fingerprint density at radius 3 is 2.73 bits per heavy atom. The lowest BCUT2D eigenvalue weighted by Gasteiger charge is -2.29. The van der Waals surface area contributed by atoms with Gasteiger partial charge in [0.2, 0.25) is 0 Å². The van der Waals surface area contributed by atoms with Crippen LogP contribution in [0, 0.1) is 0 Å². The number of aromatic nitrogens is 1. The van der Waals surface area contributed by atoms with Crippen molar-refractivity contribution < 1.29 is 0 Å². The van der Waals surface area contributed by atoms with Crippen molar-refractivity contribution in [1.29, 1.82) is 0 Å². The summed E-state index contributed by atoms with van der Waals surface area (Å²) in [5.41, 5.74) is 1.41. The van der Waals surface area contributed by atoms with Crippen molar-refractivity contribution in [2.24, 2.45) is 0 Å². The molecule has 0 bridgehead atoms. The second kappa shape index (κ2) is 5.24. The predicted octanol–water partition coefficient (Wildman–Crippen LogP) is 1.51. The van der Waals surface area contributed by atoms with Crippen LogP contribution in [0.1, 0.15) is 19.4 Å². The first-order chi connectivity index (χ1) is 7.03. The number of pyridine rings is 1. The Kier molecular flexibility index (Phi) is 4.24. The third-order valence-corrected chi connectivity index (χ3v) is 2.52. The third-order valence-electron chi connectivity index (χ3n) is 2.52. The minimum absolute atomic E-state index is 0.150. The van der Waals surface area contributed by atoms with Crippen LogP contribution in [0.2, 0.25) is 0 Å². The quantitative estimate of drug-likeness (QED) is 0.793. The van der Waals surface area contributed by atoms with E-state index in [1.165, 1.54) is 5.56 Å². The Morgan fingerprint density at radius 1 is 1.47 bits per heavy atom. The Labute approximate surface area is 92.5 Å². The molecule has 1 rings (SSSR count). The molecule has 3 heteroatoms. The van der Waals surface area contributed by atoms with Crippen LogP contribution in [0.25, 0.3) is 0 Å². The van der Waals surface area contributed by atoms with Crippen LogP contribution in [0.5, 0.6) is 0 Å². The fraction of sp³-hybridized carbons (Fsp3) is 0.583. The molecule has 0 spiro atoms. The summed E-state index contributed by atoms with van der Waals surface area (Å²) in [4.78, 5) is 6.41. The van der Waals surface area contributed by atoms with Gasteiger partial charge in [0.15, 0.2) is 0 Å². The number of hydrogen-bond acceptors (Lipinski definition) is 3. The smallest absolute Gasteiger partial charge is 0.0312 e. The highest BCUT2D eigenvalue weighted by atomic mass is 15.1. The zero-order chi connectivity index (χ0) is 11.3. The van der Waals surface area contributed by atoms with Gasteiger partial charge in [-0.3, -0.25) is 4.98 Å². The summed E-state index contributed by atoms with van der Waals surface area (Å²) in [6.45, 7) is 6.36. The lowest BCUT2D eigenvalue weighted by atomic mass is 10.1. The first kappa shape index (κ1) is 12.1. The van der Waals surface area contributed by atoms with E-state index in [4.69, 9.17) is 0 Å². The highest BCUT2D eigenvalue weighted by molar-refractivity contribution is 5.08. The summed E-state index contributed by atoms with van der Waals surface area (Å²) < 4.78 is 0. The van der Waals surface area contributed by atoms with E-state index in [-0.39, 0.29) is 5.54 Å². The highest BCUT2D eigenvalue weighted by Gasteiger charge is 2.16. The van der Waals surface area contributed by atoms with Gasteiger partial charge in [0.25, 0.3) is 0 Å². The van der Waals surface area contributed by atoms with Gasteiger partial charge in [0.1, 0.15) is 0 Å². The summed E-state index contributed by atoms with van der Waals surface area (Å²) in [5.74, 6) is 0. The van der Waals surface area contributed by atoms with Gasteiger partial charge >= 0.3 is 0 Å². The number of hydrogen-bond donors (Lipinski definition) is 1. The molecule has 1 heterocycles. The molecule has 1 aromatic heterocycles. The van der Waals surface area contributed by atoms with Gasteiger partial charge < -0.3 is 10.2 Å². The molecule has 0 fully saturated rings. The van der Waals surface area contributed by atoms with E-state index in [0.29, 0.717) is 0 Å². The van der Waals surface area contributed by atoms with Crippen molar-refractivity contribution >= 4 is 0 Å². The molecule has 1 aromatic rings. The van der Waals surface area contributed by atoms with Crippen LogP contribution in [0.4, 0.5) is 0 Å². The molecule has 0 saturated heterocycles. The third kappa shape index (κ3) is 4.40. The van der Waals surface area contributed by atoms with Gasteiger partial charge in [0.05, 0.1) is 0 Å². The molecule has 0 aliphatic heterocycles. The second-order valence-electron chi connectivity index (χ2n) is 4.67. The van der Waals surface area contributed by atoms with Crippen LogP contribution >= 0.6 is 0 Å². The summed E-state index contributed by atoms with van der Waals surface area (Å²) in [5, 5.41) is 3.30. The molecule has 0 aromatic carbocycles. The topological polar surface area (TPSA) is 28.2 Å². The Morgan fingerprint density at radius 2 is 2.20 bits per heavy atom. The van der Waals surface area contributed by atoms with Crippen LogP contribution in [-0.4, -0.2) is 36.1 Å². The van der Waals surface area contributed by atoms with Gasteiger partial charge in [-0.05, 0) is 39.6 Å². The molecule has 84 valence electrons.